The lowest BCUT2D eigenvalue weighted by atomic mass is 9.92. The second kappa shape index (κ2) is 12.3. The van der Waals surface area contributed by atoms with Crippen LogP contribution in [0.5, 0.6) is 5.75 Å². The fourth-order valence-corrected chi connectivity index (χ4v) is 6.01. The summed E-state index contributed by atoms with van der Waals surface area (Å²) in [6.45, 7) is 12.0. The van der Waals surface area contributed by atoms with Crippen molar-refractivity contribution >= 4 is 17.4 Å². The van der Waals surface area contributed by atoms with Gasteiger partial charge in [-0.15, -0.1) is 5.10 Å². The van der Waals surface area contributed by atoms with Crippen LogP contribution < -0.4 is 9.64 Å². The molecule has 0 saturated carbocycles. The SMILES string of the molecule is Cc1nc2cc3nn2c(c1[C@H](OC(C)(C)C)C(=O)O)N1CCC(C)(CC1)OC/C=C\CCOc1ccccc1Cc1cnn-3c1. The topological polar surface area (TPSA) is 116 Å². The number of rotatable bonds is 3. The Balaban J connectivity index is 1.47. The standard InChI is InChI=1S/C34H42N6O5/c1-23-29(30(32(41)42)45-33(2,3)4)31-38-15-13-34(5,14-16-38)44-18-10-6-9-17-43-26-12-8-7-11-25(26)19-24-21-35-39(22-24)28-20-27(36-23)40(31)37-28/h6-8,10-12,20-22,30H,9,13-19H2,1-5H3,(H,41,42)/b10-6-/t30-/m0/s1. The van der Waals surface area contributed by atoms with Gasteiger partial charge in [0.2, 0.25) is 0 Å². The number of benzene rings is 1. The molecule has 1 aromatic carbocycles. The number of aryl methyl sites for hydroxylation is 1. The van der Waals surface area contributed by atoms with E-state index < -0.39 is 17.7 Å². The summed E-state index contributed by atoms with van der Waals surface area (Å²) in [6, 6.07) is 9.94. The van der Waals surface area contributed by atoms with E-state index in [1.165, 1.54) is 0 Å². The molecule has 1 saturated heterocycles. The number of nitrogens with zero attached hydrogens (tertiary/aromatic N) is 6. The zero-order valence-corrected chi connectivity index (χ0v) is 26.7. The third-order valence-corrected chi connectivity index (χ3v) is 8.34. The predicted octanol–water partition coefficient (Wildman–Crippen LogP) is 5.47. The molecule has 45 heavy (non-hydrogen) atoms. The van der Waals surface area contributed by atoms with Crippen LogP contribution in [0.3, 0.4) is 0 Å². The van der Waals surface area contributed by atoms with E-state index in [4.69, 9.17) is 24.3 Å². The lowest BCUT2D eigenvalue weighted by Crippen LogP contribution is -2.45. The smallest absolute Gasteiger partial charge is 0.337 e. The third-order valence-electron chi connectivity index (χ3n) is 8.34. The highest BCUT2D eigenvalue weighted by Gasteiger charge is 2.37. The molecule has 6 heterocycles. The Labute approximate surface area is 263 Å². The van der Waals surface area contributed by atoms with Gasteiger partial charge in [-0.05, 0) is 71.1 Å². The Morgan fingerprint density at radius 1 is 1.16 bits per heavy atom. The largest absolute Gasteiger partial charge is 0.493 e. The number of aromatic nitrogens is 5. The molecule has 0 aliphatic carbocycles. The number of aliphatic carboxylic acids is 1. The van der Waals surface area contributed by atoms with Crippen molar-refractivity contribution in [2.24, 2.45) is 0 Å². The molecule has 0 unspecified atom stereocenters. The van der Waals surface area contributed by atoms with Crippen LogP contribution in [0.4, 0.5) is 5.82 Å². The maximum absolute atomic E-state index is 12.7. The van der Waals surface area contributed by atoms with E-state index in [2.05, 4.69) is 35.1 Å². The molecule has 11 heteroatoms. The van der Waals surface area contributed by atoms with Gasteiger partial charge >= 0.3 is 5.97 Å². The molecule has 0 spiro atoms. The highest BCUT2D eigenvalue weighted by molar-refractivity contribution is 5.78. The number of carboxylic acid groups (broad SMARTS) is 1. The monoisotopic (exact) mass is 614 g/mol. The molecular formula is C34H42N6O5. The minimum absolute atomic E-state index is 0.314. The number of ether oxygens (including phenoxy) is 3. The molecule has 3 aliphatic rings. The number of anilines is 1. The minimum atomic E-state index is -1.23. The van der Waals surface area contributed by atoms with Crippen molar-refractivity contribution < 1.29 is 24.1 Å². The summed E-state index contributed by atoms with van der Waals surface area (Å²) in [5.41, 5.74) is 2.77. The molecule has 3 aromatic heterocycles. The first kappa shape index (κ1) is 30.8. The van der Waals surface area contributed by atoms with Crippen LogP contribution in [0, 0.1) is 6.92 Å². The Bertz CT molecular complexity index is 1710. The highest BCUT2D eigenvalue weighted by atomic mass is 16.5. The van der Waals surface area contributed by atoms with Gasteiger partial charge in [-0.25, -0.2) is 14.5 Å². The molecule has 238 valence electrons. The number of piperidine rings is 1. The Hall–Kier alpha value is -4.22. The summed E-state index contributed by atoms with van der Waals surface area (Å²) in [5.74, 6) is 1.04. The van der Waals surface area contributed by atoms with Gasteiger partial charge in [-0.1, -0.05) is 30.4 Å². The summed E-state index contributed by atoms with van der Waals surface area (Å²) in [6.07, 6.45) is 9.69. The maximum Gasteiger partial charge on any atom is 0.337 e. The number of fused-ring (bicyclic) bond motifs is 7. The van der Waals surface area contributed by atoms with Crippen LogP contribution in [0.1, 0.15) is 75.4 Å². The van der Waals surface area contributed by atoms with E-state index in [0.29, 0.717) is 61.3 Å². The van der Waals surface area contributed by atoms with E-state index in [0.717, 1.165) is 36.1 Å². The van der Waals surface area contributed by atoms with E-state index >= 15 is 0 Å². The zero-order chi connectivity index (χ0) is 31.8. The van der Waals surface area contributed by atoms with Crippen LogP contribution >= 0.6 is 0 Å². The zero-order valence-electron chi connectivity index (χ0n) is 26.7. The van der Waals surface area contributed by atoms with Crippen LogP contribution in [0.25, 0.3) is 11.5 Å². The summed E-state index contributed by atoms with van der Waals surface area (Å²) in [7, 11) is 0. The first-order valence-corrected chi connectivity index (χ1v) is 15.6. The van der Waals surface area contributed by atoms with Crippen molar-refractivity contribution in [1.29, 1.82) is 0 Å². The molecule has 4 aromatic rings. The molecule has 1 N–H and O–H groups in total. The molecule has 7 rings (SSSR count). The van der Waals surface area contributed by atoms with Crippen molar-refractivity contribution in [2.45, 2.75) is 77.6 Å². The molecule has 0 radical (unpaired) electrons. The average molecular weight is 615 g/mol. The van der Waals surface area contributed by atoms with Crippen LogP contribution in [-0.2, 0) is 20.7 Å². The molecule has 1 fully saturated rings. The van der Waals surface area contributed by atoms with E-state index in [1.54, 1.807) is 9.20 Å². The molecule has 6 bridgehead atoms. The van der Waals surface area contributed by atoms with Crippen molar-refractivity contribution in [1.82, 2.24) is 24.4 Å². The van der Waals surface area contributed by atoms with Crippen molar-refractivity contribution in [3.05, 3.63) is 77.3 Å². The predicted molar refractivity (Wildman–Crippen MR) is 170 cm³/mol. The molecule has 1 atom stereocenters. The van der Waals surface area contributed by atoms with E-state index in [1.807, 2.05) is 64.4 Å². The number of carboxylic acids is 1. The molecule has 11 nitrogen and oxygen atoms in total. The van der Waals surface area contributed by atoms with Crippen LogP contribution in [0.15, 0.2) is 54.9 Å². The maximum atomic E-state index is 12.7. The van der Waals surface area contributed by atoms with Gasteiger partial charge in [0.15, 0.2) is 17.6 Å². The fraction of sp³-hybridized carbons (Fsp3) is 0.471. The van der Waals surface area contributed by atoms with Crippen LogP contribution in [-0.4, -0.2) is 73.0 Å². The fourth-order valence-electron chi connectivity index (χ4n) is 6.01. The summed E-state index contributed by atoms with van der Waals surface area (Å²) in [5, 5.41) is 20.0. The Kier molecular flexibility index (Phi) is 8.41. The third kappa shape index (κ3) is 6.74. The second-order valence-electron chi connectivity index (χ2n) is 13.1. The lowest BCUT2D eigenvalue weighted by molar-refractivity contribution is -0.160. The normalized spacial score (nSPS) is 18.6. The van der Waals surface area contributed by atoms with E-state index in [9.17, 15) is 9.90 Å². The number of carbonyl (C=O) groups is 1. The molecular weight excluding hydrogens is 572 g/mol. The van der Waals surface area contributed by atoms with Gasteiger partial charge in [0.05, 0.1) is 36.2 Å². The van der Waals surface area contributed by atoms with Crippen LogP contribution in [0.2, 0.25) is 0 Å². The minimum Gasteiger partial charge on any atom is -0.493 e. The Morgan fingerprint density at radius 2 is 1.93 bits per heavy atom. The van der Waals surface area contributed by atoms with Crippen molar-refractivity contribution in [3.8, 4) is 11.6 Å². The van der Waals surface area contributed by atoms with Gasteiger partial charge in [0.1, 0.15) is 11.6 Å². The van der Waals surface area contributed by atoms with Gasteiger partial charge < -0.3 is 24.2 Å². The Morgan fingerprint density at radius 3 is 2.69 bits per heavy atom. The molecule has 3 aliphatic heterocycles. The number of hydrogen-bond donors (Lipinski definition) is 1. The summed E-state index contributed by atoms with van der Waals surface area (Å²) >= 11 is 0. The number of hydrogen-bond acceptors (Lipinski definition) is 8. The summed E-state index contributed by atoms with van der Waals surface area (Å²) < 4.78 is 22.2. The van der Waals surface area contributed by atoms with Crippen molar-refractivity contribution in [2.75, 3.05) is 31.2 Å². The highest BCUT2D eigenvalue weighted by Crippen LogP contribution is 2.38. The van der Waals surface area contributed by atoms with Crippen molar-refractivity contribution in [3.63, 3.8) is 0 Å². The average Bonchev–Trinajstić information content (AvgIpc) is 3.62. The quantitative estimate of drug-likeness (QED) is 0.300. The first-order valence-electron chi connectivity index (χ1n) is 15.6. The number of para-hydroxylation sites is 1. The van der Waals surface area contributed by atoms with E-state index in [-0.39, 0.29) is 5.60 Å². The van der Waals surface area contributed by atoms with Gasteiger partial charge in [-0.3, -0.25) is 0 Å². The van der Waals surface area contributed by atoms with Gasteiger partial charge in [0, 0.05) is 37.5 Å². The van der Waals surface area contributed by atoms with Gasteiger partial charge in [0.25, 0.3) is 0 Å². The second-order valence-corrected chi connectivity index (χ2v) is 13.1. The lowest BCUT2D eigenvalue weighted by Gasteiger charge is -2.41. The first-order chi connectivity index (χ1) is 21.5. The van der Waals surface area contributed by atoms with Gasteiger partial charge in [-0.2, -0.15) is 9.61 Å². The molecule has 0 amide bonds. The summed E-state index contributed by atoms with van der Waals surface area (Å²) in [4.78, 5) is 19.8.